The Labute approximate surface area is 143 Å². The number of benzene rings is 1. The van der Waals surface area contributed by atoms with Gasteiger partial charge in [0.2, 0.25) is 4.96 Å². The number of aromatic nitrogens is 3. The number of fused-ring (bicyclic) bond motifs is 1. The fourth-order valence-electron chi connectivity index (χ4n) is 2.16. The van der Waals surface area contributed by atoms with Crippen LogP contribution in [0.15, 0.2) is 35.3 Å². The van der Waals surface area contributed by atoms with Crippen LogP contribution >= 0.6 is 11.3 Å². The van der Waals surface area contributed by atoms with Gasteiger partial charge >= 0.3 is 0 Å². The molecular formula is C17H18N4O2S. The lowest BCUT2D eigenvalue weighted by Crippen LogP contribution is -2.23. The number of carbonyl (C=O) groups is 1. The van der Waals surface area contributed by atoms with Gasteiger partial charge in [-0.25, -0.2) is 4.98 Å². The van der Waals surface area contributed by atoms with Gasteiger partial charge in [-0.1, -0.05) is 42.9 Å². The number of carbonyl (C=O) groups excluding carboxylic acids is 1. The molecule has 7 heteroatoms. The predicted molar refractivity (Wildman–Crippen MR) is 95.0 cm³/mol. The van der Waals surface area contributed by atoms with Gasteiger partial charge in [-0.3, -0.25) is 9.59 Å². The summed E-state index contributed by atoms with van der Waals surface area (Å²) in [5.41, 5.74) is 1.31. The molecule has 0 fully saturated rings. The van der Waals surface area contributed by atoms with Crippen LogP contribution in [-0.4, -0.2) is 20.5 Å². The minimum Gasteiger partial charge on any atom is -0.316 e. The molecule has 0 aliphatic rings. The first-order chi connectivity index (χ1) is 11.5. The lowest BCUT2D eigenvalue weighted by Gasteiger charge is -2.04. The minimum atomic E-state index is -0.369. The Kier molecular flexibility index (Phi) is 4.44. The molecule has 24 heavy (non-hydrogen) atoms. The van der Waals surface area contributed by atoms with E-state index in [1.807, 2.05) is 19.1 Å². The van der Waals surface area contributed by atoms with Crippen LogP contribution in [0, 0.1) is 6.92 Å². The van der Waals surface area contributed by atoms with Crippen molar-refractivity contribution in [3.05, 3.63) is 57.0 Å². The molecule has 0 saturated carbocycles. The molecule has 0 aliphatic carbocycles. The summed E-state index contributed by atoms with van der Waals surface area (Å²) in [6.07, 6.45) is 2.33. The molecule has 0 spiro atoms. The zero-order valence-electron chi connectivity index (χ0n) is 13.7. The number of hydrogen-bond donors (Lipinski definition) is 1. The van der Waals surface area contributed by atoms with Crippen molar-refractivity contribution in [2.24, 2.45) is 0 Å². The topological polar surface area (TPSA) is 76.4 Å². The summed E-state index contributed by atoms with van der Waals surface area (Å²) in [5, 5.41) is 7.83. The van der Waals surface area contributed by atoms with Crippen LogP contribution < -0.4 is 10.9 Å². The number of rotatable bonds is 4. The summed E-state index contributed by atoms with van der Waals surface area (Å²) in [7, 11) is 0. The van der Waals surface area contributed by atoms with Crippen molar-refractivity contribution in [2.45, 2.75) is 33.1 Å². The third-order valence-electron chi connectivity index (χ3n) is 3.90. The molecule has 1 amide bonds. The molecule has 0 aliphatic heterocycles. The van der Waals surface area contributed by atoms with Crippen LogP contribution in [0.5, 0.6) is 0 Å². The molecule has 0 unspecified atom stereocenters. The van der Waals surface area contributed by atoms with E-state index in [4.69, 9.17) is 0 Å². The first-order valence-electron chi connectivity index (χ1n) is 7.76. The Morgan fingerprint density at radius 3 is 2.71 bits per heavy atom. The number of hydrogen-bond acceptors (Lipinski definition) is 5. The molecule has 2 aromatic heterocycles. The average Bonchev–Trinajstić information content (AvgIpc) is 3.02. The normalized spacial score (nSPS) is 12.3. The highest BCUT2D eigenvalue weighted by Gasteiger charge is 2.15. The van der Waals surface area contributed by atoms with Crippen LogP contribution in [0.3, 0.4) is 0 Å². The maximum atomic E-state index is 12.5. The lowest BCUT2D eigenvalue weighted by molar-refractivity contribution is 0.102. The van der Waals surface area contributed by atoms with E-state index >= 15 is 0 Å². The van der Waals surface area contributed by atoms with Gasteiger partial charge in [-0.2, -0.15) is 9.61 Å². The van der Waals surface area contributed by atoms with Crippen molar-refractivity contribution in [3.8, 4) is 0 Å². The van der Waals surface area contributed by atoms with Crippen molar-refractivity contribution in [2.75, 3.05) is 5.32 Å². The van der Waals surface area contributed by atoms with Crippen molar-refractivity contribution >= 4 is 27.9 Å². The number of aryl methyl sites for hydroxylation is 1. The summed E-state index contributed by atoms with van der Waals surface area (Å²) in [6.45, 7) is 6.08. The first-order valence-corrected chi connectivity index (χ1v) is 8.58. The molecule has 1 atom stereocenters. The summed E-state index contributed by atoms with van der Waals surface area (Å²) < 4.78 is 1.26. The van der Waals surface area contributed by atoms with E-state index in [0.717, 1.165) is 17.0 Å². The van der Waals surface area contributed by atoms with Crippen LogP contribution in [0.1, 0.15) is 47.1 Å². The molecule has 1 aromatic carbocycles. The monoisotopic (exact) mass is 342 g/mol. The number of anilines is 1. The maximum Gasteiger partial charge on any atom is 0.298 e. The quantitative estimate of drug-likeness (QED) is 0.790. The zero-order chi connectivity index (χ0) is 17.3. The summed E-state index contributed by atoms with van der Waals surface area (Å²) in [6, 6.07) is 7.14. The molecule has 124 valence electrons. The summed E-state index contributed by atoms with van der Waals surface area (Å²) in [4.78, 5) is 29.6. The third kappa shape index (κ3) is 3.07. The van der Waals surface area contributed by atoms with Crippen LogP contribution in [0.2, 0.25) is 0 Å². The highest BCUT2D eigenvalue weighted by Crippen LogP contribution is 2.23. The Hall–Kier alpha value is -2.54. The fraction of sp³-hybridized carbons (Fsp3) is 0.294. The highest BCUT2D eigenvalue weighted by molar-refractivity contribution is 7.16. The first kappa shape index (κ1) is 16.3. The summed E-state index contributed by atoms with van der Waals surface area (Å²) in [5.74, 6) is -0.0760. The van der Waals surface area contributed by atoms with E-state index in [1.165, 1.54) is 22.0 Å². The predicted octanol–water partition coefficient (Wildman–Crippen LogP) is 3.23. The van der Waals surface area contributed by atoms with Gasteiger partial charge in [0.05, 0.1) is 6.20 Å². The number of nitrogens with one attached hydrogen (secondary N) is 1. The van der Waals surface area contributed by atoms with Crippen LogP contribution in [0.4, 0.5) is 5.69 Å². The van der Waals surface area contributed by atoms with E-state index in [2.05, 4.69) is 29.2 Å². The van der Waals surface area contributed by atoms with Gasteiger partial charge in [0.1, 0.15) is 10.7 Å². The second-order valence-electron chi connectivity index (χ2n) is 5.74. The van der Waals surface area contributed by atoms with E-state index in [9.17, 15) is 9.59 Å². The molecule has 1 N–H and O–H groups in total. The van der Waals surface area contributed by atoms with E-state index in [1.54, 1.807) is 12.1 Å². The Balaban J connectivity index is 1.92. The van der Waals surface area contributed by atoms with Crippen LogP contribution in [-0.2, 0) is 0 Å². The molecule has 2 heterocycles. The maximum absolute atomic E-state index is 12.5. The molecule has 6 nitrogen and oxygen atoms in total. The van der Waals surface area contributed by atoms with Gasteiger partial charge < -0.3 is 5.32 Å². The second kappa shape index (κ2) is 6.52. The van der Waals surface area contributed by atoms with Gasteiger partial charge in [-0.15, -0.1) is 0 Å². The van der Waals surface area contributed by atoms with E-state index < -0.39 is 0 Å². The third-order valence-corrected chi connectivity index (χ3v) is 5.05. The van der Waals surface area contributed by atoms with E-state index in [0.29, 0.717) is 10.5 Å². The smallest absolute Gasteiger partial charge is 0.298 e. The average molecular weight is 342 g/mol. The Morgan fingerprint density at radius 1 is 1.33 bits per heavy atom. The van der Waals surface area contributed by atoms with Crippen LogP contribution in [0.25, 0.3) is 4.96 Å². The molecule has 0 radical (unpaired) electrons. The van der Waals surface area contributed by atoms with Crippen molar-refractivity contribution in [1.29, 1.82) is 0 Å². The molecule has 0 bridgehead atoms. The molecule has 3 aromatic rings. The standard InChI is InChI=1S/C17H18N4O2S/c1-4-11(3)15-20-21-16(23)13(9-18-17(21)24-15)19-14(22)12-7-5-10(2)6-8-12/h5-9,11H,4H2,1-3H3,(H,19,22)/t11-/m0/s1. The van der Waals surface area contributed by atoms with Crippen molar-refractivity contribution < 1.29 is 4.79 Å². The van der Waals surface area contributed by atoms with Gasteiger partial charge in [0.25, 0.3) is 11.5 Å². The molecular weight excluding hydrogens is 324 g/mol. The molecule has 3 rings (SSSR count). The Morgan fingerprint density at radius 2 is 2.04 bits per heavy atom. The van der Waals surface area contributed by atoms with Gasteiger partial charge in [-0.05, 0) is 25.5 Å². The lowest BCUT2D eigenvalue weighted by atomic mass is 10.1. The second-order valence-corrected chi connectivity index (χ2v) is 6.73. The summed E-state index contributed by atoms with van der Waals surface area (Å²) >= 11 is 1.40. The minimum absolute atomic E-state index is 0.124. The number of nitrogens with zero attached hydrogens (tertiary/aromatic N) is 3. The Bertz CT molecular complexity index is 943. The van der Waals surface area contributed by atoms with Crippen molar-refractivity contribution in [1.82, 2.24) is 14.6 Å². The molecule has 0 saturated heterocycles. The largest absolute Gasteiger partial charge is 0.316 e. The van der Waals surface area contributed by atoms with Gasteiger partial charge in [0, 0.05) is 11.5 Å². The van der Waals surface area contributed by atoms with Gasteiger partial charge in [0.15, 0.2) is 0 Å². The zero-order valence-corrected chi connectivity index (χ0v) is 14.6. The van der Waals surface area contributed by atoms with E-state index in [-0.39, 0.29) is 23.1 Å². The fourth-order valence-corrected chi connectivity index (χ4v) is 3.15. The highest BCUT2D eigenvalue weighted by atomic mass is 32.1. The van der Waals surface area contributed by atoms with Crippen molar-refractivity contribution in [3.63, 3.8) is 0 Å². The SMILES string of the molecule is CC[C@H](C)c1nn2c(=O)c(NC(=O)c3ccc(C)cc3)cnc2s1. The number of amides is 1.